The van der Waals surface area contributed by atoms with Crippen molar-refractivity contribution in [3.05, 3.63) is 35.6 Å². The van der Waals surface area contributed by atoms with Crippen LogP contribution in [0.1, 0.15) is 18.5 Å². The van der Waals surface area contributed by atoms with E-state index in [0.29, 0.717) is 5.56 Å². The zero-order valence-corrected chi connectivity index (χ0v) is 8.58. The third-order valence-corrected chi connectivity index (χ3v) is 1.40. The standard InChI is InChI=1S/C8H10FN.HI/c1-6(10)7-4-2-3-5-8(7)9;/h2-6H,10H2,1H3;1H. The van der Waals surface area contributed by atoms with Gasteiger partial charge in [0.2, 0.25) is 0 Å². The summed E-state index contributed by atoms with van der Waals surface area (Å²) in [5, 5.41) is 0. The van der Waals surface area contributed by atoms with Gasteiger partial charge < -0.3 is 5.73 Å². The molecule has 1 unspecified atom stereocenters. The maximum absolute atomic E-state index is 12.8. The highest BCUT2D eigenvalue weighted by atomic mass is 127. The van der Waals surface area contributed by atoms with E-state index in [1.165, 1.54) is 6.07 Å². The normalized spacial score (nSPS) is 11.9. The fraction of sp³-hybridized carbons (Fsp3) is 0.250. The van der Waals surface area contributed by atoms with Crippen LogP contribution < -0.4 is 5.73 Å². The average Bonchev–Trinajstić information content (AvgIpc) is 1.88. The molecule has 0 aromatic heterocycles. The number of hydrogen-bond donors (Lipinski definition) is 1. The van der Waals surface area contributed by atoms with E-state index in [1.807, 2.05) is 0 Å². The van der Waals surface area contributed by atoms with E-state index in [4.69, 9.17) is 5.73 Å². The second kappa shape index (κ2) is 4.66. The maximum atomic E-state index is 12.8. The molecule has 1 aromatic carbocycles. The lowest BCUT2D eigenvalue weighted by molar-refractivity contribution is 0.594. The Morgan fingerprint density at radius 2 is 1.91 bits per heavy atom. The molecule has 11 heavy (non-hydrogen) atoms. The highest BCUT2D eigenvalue weighted by Gasteiger charge is 2.03. The van der Waals surface area contributed by atoms with Crippen molar-refractivity contribution in [3.8, 4) is 0 Å². The van der Waals surface area contributed by atoms with Crippen LogP contribution in [-0.2, 0) is 0 Å². The van der Waals surface area contributed by atoms with Gasteiger partial charge in [0.1, 0.15) is 5.82 Å². The quantitative estimate of drug-likeness (QED) is 0.777. The van der Waals surface area contributed by atoms with Gasteiger partial charge in [-0.15, -0.1) is 24.0 Å². The van der Waals surface area contributed by atoms with E-state index in [2.05, 4.69) is 0 Å². The molecule has 0 aliphatic rings. The van der Waals surface area contributed by atoms with Crippen LogP contribution in [0.4, 0.5) is 4.39 Å². The second-order valence-corrected chi connectivity index (χ2v) is 2.31. The topological polar surface area (TPSA) is 26.0 Å². The summed E-state index contributed by atoms with van der Waals surface area (Å²) in [4.78, 5) is 0. The van der Waals surface area contributed by atoms with E-state index in [0.717, 1.165) is 0 Å². The molecule has 1 rings (SSSR count). The van der Waals surface area contributed by atoms with Gasteiger partial charge in [-0.3, -0.25) is 0 Å². The molecule has 1 aromatic rings. The predicted molar refractivity (Wildman–Crippen MR) is 54.4 cm³/mol. The van der Waals surface area contributed by atoms with Crippen molar-refractivity contribution in [3.63, 3.8) is 0 Å². The Balaban J connectivity index is 0.000001000. The zero-order valence-electron chi connectivity index (χ0n) is 6.25. The lowest BCUT2D eigenvalue weighted by Gasteiger charge is -2.04. The van der Waals surface area contributed by atoms with Gasteiger partial charge in [-0.2, -0.15) is 0 Å². The molecule has 0 saturated carbocycles. The van der Waals surface area contributed by atoms with Crippen molar-refractivity contribution in [2.24, 2.45) is 5.73 Å². The minimum atomic E-state index is -0.225. The SMILES string of the molecule is CC(N)c1ccccc1F.I. The third kappa shape index (κ3) is 2.75. The smallest absolute Gasteiger partial charge is 0.127 e. The van der Waals surface area contributed by atoms with Gasteiger partial charge in [-0.1, -0.05) is 18.2 Å². The van der Waals surface area contributed by atoms with E-state index >= 15 is 0 Å². The van der Waals surface area contributed by atoms with Crippen LogP contribution in [0.3, 0.4) is 0 Å². The Kier molecular flexibility index (Phi) is 4.60. The van der Waals surface area contributed by atoms with Crippen LogP contribution in [0.25, 0.3) is 0 Å². The van der Waals surface area contributed by atoms with E-state index < -0.39 is 0 Å². The molecule has 0 saturated heterocycles. The zero-order chi connectivity index (χ0) is 7.56. The van der Waals surface area contributed by atoms with Gasteiger partial charge in [0, 0.05) is 11.6 Å². The summed E-state index contributed by atoms with van der Waals surface area (Å²) in [7, 11) is 0. The van der Waals surface area contributed by atoms with E-state index in [9.17, 15) is 4.39 Å². The first-order valence-corrected chi connectivity index (χ1v) is 3.22. The molecule has 2 N–H and O–H groups in total. The van der Waals surface area contributed by atoms with Gasteiger partial charge in [-0.25, -0.2) is 4.39 Å². The van der Waals surface area contributed by atoms with Crippen molar-refractivity contribution in [2.75, 3.05) is 0 Å². The average molecular weight is 267 g/mol. The van der Waals surface area contributed by atoms with Crippen LogP contribution in [0.15, 0.2) is 24.3 Å². The molecule has 0 fully saturated rings. The van der Waals surface area contributed by atoms with Gasteiger partial charge in [0.25, 0.3) is 0 Å². The van der Waals surface area contributed by atoms with Crippen LogP contribution in [-0.4, -0.2) is 0 Å². The second-order valence-electron chi connectivity index (χ2n) is 2.31. The number of halogens is 2. The molecule has 1 atom stereocenters. The summed E-state index contributed by atoms with van der Waals surface area (Å²) in [5.74, 6) is -0.225. The predicted octanol–water partition coefficient (Wildman–Crippen LogP) is 2.46. The number of benzene rings is 1. The van der Waals surface area contributed by atoms with Gasteiger partial charge in [-0.05, 0) is 13.0 Å². The highest BCUT2D eigenvalue weighted by Crippen LogP contribution is 2.12. The van der Waals surface area contributed by atoms with Gasteiger partial charge in [0.05, 0.1) is 0 Å². The lowest BCUT2D eigenvalue weighted by Crippen LogP contribution is -2.06. The Morgan fingerprint density at radius 3 is 2.27 bits per heavy atom. The Labute approximate surface area is 82.8 Å². The number of nitrogens with two attached hydrogens (primary N) is 1. The largest absolute Gasteiger partial charge is 0.324 e. The molecule has 0 spiro atoms. The third-order valence-electron chi connectivity index (χ3n) is 1.40. The molecule has 0 heterocycles. The van der Waals surface area contributed by atoms with Crippen LogP contribution in [0.2, 0.25) is 0 Å². The molecule has 0 aliphatic carbocycles. The fourth-order valence-electron chi connectivity index (χ4n) is 0.844. The van der Waals surface area contributed by atoms with Crippen molar-refractivity contribution in [1.29, 1.82) is 0 Å². The molecule has 0 amide bonds. The summed E-state index contributed by atoms with van der Waals surface area (Å²) in [6, 6.07) is 6.32. The highest BCUT2D eigenvalue weighted by molar-refractivity contribution is 14.0. The fourth-order valence-corrected chi connectivity index (χ4v) is 0.844. The van der Waals surface area contributed by atoms with Crippen LogP contribution in [0.5, 0.6) is 0 Å². The molecule has 3 heteroatoms. The molecule has 0 radical (unpaired) electrons. The van der Waals surface area contributed by atoms with Crippen LogP contribution >= 0.6 is 24.0 Å². The minimum Gasteiger partial charge on any atom is -0.324 e. The summed E-state index contributed by atoms with van der Waals surface area (Å²) in [6.07, 6.45) is 0. The summed E-state index contributed by atoms with van der Waals surface area (Å²) in [6.45, 7) is 1.76. The molecule has 0 aliphatic heterocycles. The molecule has 62 valence electrons. The Hall–Kier alpha value is -0.160. The van der Waals surface area contributed by atoms with Crippen molar-refractivity contribution in [2.45, 2.75) is 13.0 Å². The summed E-state index contributed by atoms with van der Waals surface area (Å²) >= 11 is 0. The monoisotopic (exact) mass is 267 g/mol. The first-order chi connectivity index (χ1) is 4.72. The summed E-state index contributed by atoms with van der Waals surface area (Å²) < 4.78 is 12.8. The van der Waals surface area contributed by atoms with E-state index in [1.54, 1.807) is 25.1 Å². The van der Waals surface area contributed by atoms with Crippen molar-refractivity contribution >= 4 is 24.0 Å². The van der Waals surface area contributed by atoms with Gasteiger partial charge >= 0.3 is 0 Å². The summed E-state index contributed by atoms with van der Waals surface area (Å²) in [5.41, 5.74) is 6.05. The minimum absolute atomic E-state index is 0. The van der Waals surface area contributed by atoms with Gasteiger partial charge in [0.15, 0.2) is 0 Å². The molecular weight excluding hydrogens is 256 g/mol. The van der Waals surface area contributed by atoms with Crippen molar-refractivity contribution < 1.29 is 4.39 Å². The van der Waals surface area contributed by atoms with E-state index in [-0.39, 0.29) is 35.8 Å². The Morgan fingerprint density at radius 1 is 1.36 bits per heavy atom. The molecular formula is C8H11FIN. The molecule has 1 nitrogen and oxygen atoms in total. The maximum Gasteiger partial charge on any atom is 0.127 e. The van der Waals surface area contributed by atoms with Crippen molar-refractivity contribution in [1.82, 2.24) is 0 Å². The first kappa shape index (κ1) is 10.8. The lowest BCUT2D eigenvalue weighted by atomic mass is 10.1. The number of hydrogen-bond acceptors (Lipinski definition) is 1. The first-order valence-electron chi connectivity index (χ1n) is 3.22. The Bertz CT molecular complexity index is 225. The number of rotatable bonds is 1. The van der Waals surface area contributed by atoms with Crippen LogP contribution in [0, 0.1) is 5.82 Å². The molecule has 0 bridgehead atoms.